The number of hydrogen-bond donors (Lipinski definition) is 1. The summed E-state index contributed by atoms with van der Waals surface area (Å²) in [6.07, 6.45) is 3.43. The Morgan fingerprint density at radius 2 is 2.05 bits per heavy atom. The Bertz CT molecular complexity index is 683. The number of nitrogens with one attached hydrogen (secondary N) is 1. The van der Waals surface area contributed by atoms with Gasteiger partial charge in [-0.25, -0.2) is 8.42 Å². The molecule has 0 aliphatic carbocycles. The zero-order valence-corrected chi connectivity index (χ0v) is 11.9. The summed E-state index contributed by atoms with van der Waals surface area (Å²) < 4.78 is 26.7. The lowest BCUT2D eigenvalue weighted by Gasteiger charge is -2.17. The molecule has 2 fully saturated rings. The van der Waals surface area contributed by atoms with Crippen LogP contribution in [0.2, 0.25) is 0 Å². The molecule has 0 bridgehead atoms. The fraction of sp³-hybridized carbons (Fsp3) is 0.500. The summed E-state index contributed by atoms with van der Waals surface area (Å²) in [6.45, 7) is 2.24. The average Bonchev–Trinajstić information content (AvgIpc) is 3.07. The number of amidine groups is 1. The first-order valence-electron chi connectivity index (χ1n) is 7.09. The van der Waals surface area contributed by atoms with E-state index >= 15 is 0 Å². The van der Waals surface area contributed by atoms with E-state index in [2.05, 4.69) is 9.62 Å². The molecule has 1 aromatic rings. The van der Waals surface area contributed by atoms with E-state index in [0.29, 0.717) is 22.3 Å². The highest BCUT2D eigenvalue weighted by atomic mass is 32.2. The van der Waals surface area contributed by atoms with E-state index < -0.39 is 10.0 Å². The van der Waals surface area contributed by atoms with Gasteiger partial charge >= 0.3 is 0 Å². The molecule has 6 heteroatoms. The molecule has 0 spiro atoms. The molecule has 3 aliphatic heterocycles. The first-order chi connectivity index (χ1) is 9.65. The summed E-state index contributed by atoms with van der Waals surface area (Å²) >= 11 is 0. The third-order valence-corrected chi connectivity index (χ3v) is 5.93. The van der Waals surface area contributed by atoms with Gasteiger partial charge in [0, 0.05) is 18.2 Å². The zero-order chi connectivity index (χ0) is 13.7. The zero-order valence-electron chi connectivity index (χ0n) is 11.1. The van der Waals surface area contributed by atoms with Gasteiger partial charge in [0.2, 0.25) is 0 Å². The number of benzene rings is 1. The molecule has 20 heavy (non-hydrogen) atoms. The number of fused-ring (bicyclic) bond motifs is 2. The maximum absolute atomic E-state index is 12.1. The summed E-state index contributed by atoms with van der Waals surface area (Å²) in [5, 5.41) is 0. The predicted octanol–water partition coefficient (Wildman–Crippen LogP) is 0.962. The average molecular weight is 291 g/mol. The van der Waals surface area contributed by atoms with Crippen LogP contribution >= 0.6 is 0 Å². The van der Waals surface area contributed by atoms with E-state index in [1.807, 2.05) is 12.1 Å². The number of aliphatic imine (C=N–C) groups is 1. The SMILES string of the molecule is O=S1(=O)NC(=NC2CCN3CCCC23)c2ccccc21. The van der Waals surface area contributed by atoms with Gasteiger partial charge in [-0.05, 0) is 37.9 Å². The van der Waals surface area contributed by atoms with Crippen LogP contribution in [0.5, 0.6) is 0 Å². The van der Waals surface area contributed by atoms with Gasteiger partial charge in [-0.3, -0.25) is 14.6 Å². The molecule has 2 saturated heterocycles. The van der Waals surface area contributed by atoms with Gasteiger partial charge in [0.05, 0.1) is 10.9 Å². The van der Waals surface area contributed by atoms with Crippen LogP contribution in [0, 0.1) is 0 Å². The van der Waals surface area contributed by atoms with Gasteiger partial charge in [0.15, 0.2) is 0 Å². The highest BCUT2D eigenvalue weighted by molar-refractivity contribution is 7.90. The molecule has 4 rings (SSSR count). The Labute approximate surface area is 118 Å². The number of rotatable bonds is 1. The lowest BCUT2D eigenvalue weighted by molar-refractivity contribution is 0.314. The second-order valence-electron chi connectivity index (χ2n) is 5.68. The van der Waals surface area contributed by atoms with Gasteiger partial charge < -0.3 is 0 Å². The Kier molecular flexibility index (Phi) is 2.65. The van der Waals surface area contributed by atoms with Crippen molar-refractivity contribution in [2.45, 2.75) is 36.2 Å². The van der Waals surface area contributed by atoms with E-state index in [0.717, 1.165) is 19.5 Å². The maximum atomic E-state index is 12.1. The van der Waals surface area contributed by atoms with Crippen molar-refractivity contribution in [3.63, 3.8) is 0 Å². The molecular formula is C14H17N3O2S. The third kappa shape index (κ3) is 1.78. The normalized spacial score (nSPS) is 33.1. The smallest absolute Gasteiger partial charge is 0.263 e. The van der Waals surface area contributed by atoms with Gasteiger partial charge in [-0.15, -0.1) is 0 Å². The molecule has 1 aromatic carbocycles. The summed E-state index contributed by atoms with van der Waals surface area (Å²) in [6, 6.07) is 7.79. The first-order valence-corrected chi connectivity index (χ1v) is 8.57. The molecule has 5 nitrogen and oxygen atoms in total. The molecule has 3 aliphatic rings. The van der Waals surface area contributed by atoms with Crippen LogP contribution in [0.4, 0.5) is 0 Å². The molecule has 106 valence electrons. The highest BCUT2D eigenvalue weighted by Gasteiger charge is 2.38. The first kappa shape index (κ1) is 12.3. The maximum Gasteiger partial charge on any atom is 0.263 e. The summed E-state index contributed by atoms with van der Waals surface area (Å²) in [4.78, 5) is 7.56. The Balaban J connectivity index is 1.72. The molecule has 1 N–H and O–H groups in total. The second-order valence-corrected chi connectivity index (χ2v) is 7.33. The van der Waals surface area contributed by atoms with Crippen LogP contribution in [0.3, 0.4) is 0 Å². The lowest BCUT2D eigenvalue weighted by atomic mass is 10.1. The van der Waals surface area contributed by atoms with Gasteiger partial charge in [-0.1, -0.05) is 12.1 Å². The Hall–Kier alpha value is -1.40. The molecule has 2 unspecified atom stereocenters. The van der Waals surface area contributed by atoms with Crippen LogP contribution in [0.25, 0.3) is 0 Å². The molecule has 0 aromatic heterocycles. The summed E-state index contributed by atoms with van der Waals surface area (Å²) in [5.74, 6) is 0.527. The van der Waals surface area contributed by atoms with Crippen LogP contribution in [-0.4, -0.2) is 44.3 Å². The Morgan fingerprint density at radius 1 is 1.20 bits per heavy atom. The molecular weight excluding hydrogens is 274 g/mol. The van der Waals surface area contributed by atoms with Crippen LogP contribution in [0.15, 0.2) is 34.2 Å². The standard InChI is InChI=1S/C14H17N3O2S/c18-20(19)13-6-2-1-4-10(13)14(16-20)15-11-7-9-17-8-3-5-12(11)17/h1-2,4,6,11-12H,3,5,7-9H2,(H,15,16). The minimum Gasteiger partial charge on any atom is -0.298 e. The Morgan fingerprint density at radius 3 is 2.95 bits per heavy atom. The van der Waals surface area contributed by atoms with Crippen LogP contribution in [0.1, 0.15) is 24.8 Å². The second kappa shape index (κ2) is 4.30. The number of sulfonamides is 1. The molecule has 3 heterocycles. The van der Waals surface area contributed by atoms with Crippen molar-refractivity contribution in [2.24, 2.45) is 4.99 Å². The van der Waals surface area contributed by atoms with Gasteiger partial charge in [0.25, 0.3) is 10.0 Å². The number of hydrogen-bond acceptors (Lipinski definition) is 4. The number of nitrogens with zero attached hydrogens (tertiary/aromatic N) is 2. The third-order valence-electron chi connectivity index (χ3n) is 4.53. The topological polar surface area (TPSA) is 61.8 Å². The van der Waals surface area contributed by atoms with E-state index in [1.165, 1.54) is 12.8 Å². The highest BCUT2D eigenvalue weighted by Crippen LogP contribution is 2.31. The van der Waals surface area contributed by atoms with Gasteiger partial charge in [0.1, 0.15) is 5.84 Å². The van der Waals surface area contributed by atoms with Crippen molar-refractivity contribution in [2.75, 3.05) is 13.1 Å². The van der Waals surface area contributed by atoms with E-state index in [-0.39, 0.29) is 6.04 Å². The van der Waals surface area contributed by atoms with Crippen molar-refractivity contribution in [3.8, 4) is 0 Å². The minimum absolute atomic E-state index is 0.223. The van der Waals surface area contributed by atoms with Crippen molar-refractivity contribution >= 4 is 15.9 Å². The van der Waals surface area contributed by atoms with E-state index in [1.54, 1.807) is 12.1 Å². The van der Waals surface area contributed by atoms with Crippen LogP contribution in [-0.2, 0) is 10.0 Å². The fourth-order valence-electron chi connectivity index (χ4n) is 3.60. The lowest BCUT2D eigenvalue weighted by Crippen LogP contribution is -2.30. The molecule has 0 saturated carbocycles. The summed E-state index contributed by atoms with van der Waals surface area (Å²) in [5.41, 5.74) is 0.712. The van der Waals surface area contributed by atoms with Crippen molar-refractivity contribution in [1.82, 2.24) is 9.62 Å². The van der Waals surface area contributed by atoms with Crippen LogP contribution < -0.4 is 4.72 Å². The van der Waals surface area contributed by atoms with Crippen molar-refractivity contribution in [1.29, 1.82) is 0 Å². The fourth-order valence-corrected chi connectivity index (χ4v) is 4.84. The monoisotopic (exact) mass is 291 g/mol. The minimum atomic E-state index is -3.41. The van der Waals surface area contributed by atoms with Gasteiger partial charge in [-0.2, -0.15) is 0 Å². The van der Waals surface area contributed by atoms with E-state index in [9.17, 15) is 8.42 Å². The summed E-state index contributed by atoms with van der Waals surface area (Å²) in [7, 11) is -3.41. The van der Waals surface area contributed by atoms with Crippen molar-refractivity contribution in [3.05, 3.63) is 29.8 Å². The molecule has 0 amide bonds. The quantitative estimate of drug-likeness (QED) is 0.838. The van der Waals surface area contributed by atoms with Crippen molar-refractivity contribution < 1.29 is 8.42 Å². The van der Waals surface area contributed by atoms with E-state index in [4.69, 9.17) is 4.99 Å². The largest absolute Gasteiger partial charge is 0.298 e. The molecule has 2 atom stereocenters. The predicted molar refractivity (Wildman–Crippen MR) is 76.3 cm³/mol. The molecule has 0 radical (unpaired) electrons.